The average molecular weight is 523 g/mol. The summed E-state index contributed by atoms with van der Waals surface area (Å²) in [6.45, 7) is 2.24. The molecule has 0 nitrogen and oxygen atoms in total. The Balaban J connectivity index is 1.15. The van der Waals surface area contributed by atoms with Gasteiger partial charge in [-0.1, -0.05) is 50.8 Å². The van der Waals surface area contributed by atoms with Gasteiger partial charge in [-0.15, -0.1) is 0 Å². The Labute approximate surface area is 228 Å². The van der Waals surface area contributed by atoms with E-state index in [0.29, 0.717) is 23.7 Å². The summed E-state index contributed by atoms with van der Waals surface area (Å²) in [6, 6.07) is 10.3. The van der Waals surface area contributed by atoms with Gasteiger partial charge in [-0.3, -0.25) is 0 Å². The zero-order valence-electron chi connectivity index (χ0n) is 23.2. The first-order chi connectivity index (χ1) is 18.5. The average Bonchev–Trinajstić information content (AvgIpc) is 2.94. The zero-order chi connectivity index (χ0) is 26.5. The number of benzene rings is 2. The minimum absolute atomic E-state index is 0.171. The lowest BCUT2D eigenvalue weighted by molar-refractivity contribution is 0.220. The topological polar surface area (TPSA) is 0 Å². The smallest absolute Gasteiger partial charge is 0.133 e. The quantitative estimate of drug-likeness (QED) is 0.302. The third kappa shape index (κ3) is 6.57. The van der Waals surface area contributed by atoms with Crippen LogP contribution < -0.4 is 0 Å². The molecular formula is C35H45F3. The van der Waals surface area contributed by atoms with Crippen molar-refractivity contribution in [2.24, 2.45) is 17.8 Å². The Bertz CT molecular complexity index is 1050. The van der Waals surface area contributed by atoms with Crippen molar-refractivity contribution in [3.63, 3.8) is 0 Å². The van der Waals surface area contributed by atoms with Crippen molar-refractivity contribution in [1.29, 1.82) is 0 Å². The minimum atomic E-state index is -0.366. The molecule has 5 rings (SSSR count). The van der Waals surface area contributed by atoms with Crippen molar-refractivity contribution in [1.82, 2.24) is 0 Å². The second-order valence-electron chi connectivity index (χ2n) is 12.5. The number of unbranched alkanes of at least 4 members (excludes halogenated alkanes) is 2. The van der Waals surface area contributed by atoms with E-state index in [9.17, 15) is 4.39 Å². The van der Waals surface area contributed by atoms with Gasteiger partial charge in [-0.2, -0.15) is 0 Å². The summed E-state index contributed by atoms with van der Waals surface area (Å²) in [5, 5.41) is 0. The molecule has 3 heteroatoms. The van der Waals surface area contributed by atoms with E-state index in [-0.39, 0.29) is 23.0 Å². The molecule has 0 saturated heterocycles. The predicted octanol–water partition coefficient (Wildman–Crippen LogP) is 11.1. The van der Waals surface area contributed by atoms with Crippen LogP contribution in [-0.4, -0.2) is 0 Å². The fourth-order valence-corrected chi connectivity index (χ4v) is 7.77. The Morgan fingerprint density at radius 2 is 1.32 bits per heavy atom. The molecule has 206 valence electrons. The molecule has 1 atom stereocenters. The molecule has 0 spiro atoms. The standard InChI is InChI=1S/C35H45F3/c1-2-3-4-5-24-6-8-29(9-7-24)31-22-33(37)35(34(38)23-31)30-16-14-27(15-17-30)25-10-12-26(13-11-25)28-18-20-32(36)21-19-28/h16,18-27,29H,2-15,17H2,1H3. The monoisotopic (exact) mass is 522 g/mol. The molecular weight excluding hydrogens is 477 g/mol. The first-order valence-electron chi connectivity index (χ1n) is 15.5. The van der Waals surface area contributed by atoms with Crippen LogP contribution in [0, 0.1) is 35.2 Å². The third-order valence-electron chi connectivity index (χ3n) is 10.2. The summed E-state index contributed by atoms with van der Waals surface area (Å²) >= 11 is 0. The van der Waals surface area contributed by atoms with Crippen molar-refractivity contribution in [2.45, 2.75) is 115 Å². The molecule has 38 heavy (non-hydrogen) atoms. The van der Waals surface area contributed by atoms with Gasteiger partial charge < -0.3 is 0 Å². The second-order valence-corrected chi connectivity index (χ2v) is 12.5. The molecule has 0 amide bonds. The number of rotatable bonds is 8. The molecule has 0 heterocycles. The van der Waals surface area contributed by atoms with Crippen molar-refractivity contribution in [3.8, 4) is 0 Å². The molecule has 2 aromatic rings. The summed E-state index contributed by atoms with van der Waals surface area (Å²) in [5.74, 6) is 2.00. The van der Waals surface area contributed by atoms with Gasteiger partial charge in [0.05, 0.1) is 0 Å². The maximum atomic E-state index is 15.3. The van der Waals surface area contributed by atoms with Crippen LogP contribution >= 0.6 is 0 Å². The molecule has 3 aliphatic carbocycles. The van der Waals surface area contributed by atoms with E-state index in [0.717, 1.165) is 62.0 Å². The van der Waals surface area contributed by atoms with Crippen LogP contribution in [0.15, 0.2) is 42.5 Å². The van der Waals surface area contributed by atoms with Crippen LogP contribution in [0.25, 0.3) is 5.57 Å². The maximum absolute atomic E-state index is 15.3. The van der Waals surface area contributed by atoms with E-state index in [4.69, 9.17) is 0 Å². The Morgan fingerprint density at radius 1 is 0.684 bits per heavy atom. The van der Waals surface area contributed by atoms with Gasteiger partial charge in [-0.05, 0) is 141 Å². The van der Waals surface area contributed by atoms with Gasteiger partial charge >= 0.3 is 0 Å². The molecule has 1 unspecified atom stereocenters. The van der Waals surface area contributed by atoms with Crippen LogP contribution in [0.4, 0.5) is 13.2 Å². The van der Waals surface area contributed by atoms with Crippen molar-refractivity contribution >= 4 is 5.57 Å². The highest BCUT2D eigenvalue weighted by atomic mass is 19.1. The summed E-state index contributed by atoms with van der Waals surface area (Å²) in [6.07, 6.45) is 19.2. The van der Waals surface area contributed by atoms with Crippen LogP contribution in [-0.2, 0) is 0 Å². The Morgan fingerprint density at radius 3 is 1.92 bits per heavy atom. The fourth-order valence-electron chi connectivity index (χ4n) is 7.77. The van der Waals surface area contributed by atoms with Crippen LogP contribution in [0.2, 0.25) is 0 Å². The molecule has 2 saturated carbocycles. The van der Waals surface area contributed by atoms with E-state index in [1.807, 2.05) is 12.1 Å². The largest absolute Gasteiger partial charge is 0.207 e. The number of halogens is 3. The first kappa shape index (κ1) is 27.5. The highest BCUT2D eigenvalue weighted by Crippen LogP contribution is 2.45. The SMILES string of the molecule is CCCCCC1CCC(c2cc(F)c(C3=CCC(C4CCC(c5ccc(F)cc5)CC4)CC3)c(F)c2)CC1. The summed E-state index contributed by atoms with van der Waals surface area (Å²) in [5.41, 5.74) is 3.20. The molecule has 0 bridgehead atoms. The van der Waals surface area contributed by atoms with Crippen LogP contribution in [0.1, 0.15) is 132 Å². The third-order valence-corrected chi connectivity index (χ3v) is 10.2. The molecule has 0 N–H and O–H groups in total. The highest BCUT2D eigenvalue weighted by molar-refractivity contribution is 5.67. The maximum Gasteiger partial charge on any atom is 0.133 e. The molecule has 2 fully saturated rings. The molecule has 3 aliphatic rings. The predicted molar refractivity (Wildman–Crippen MR) is 152 cm³/mol. The van der Waals surface area contributed by atoms with E-state index in [1.165, 1.54) is 56.9 Å². The number of hydrogen-bond donors (Lipinski definition) is 0. The lowest BCUT2D eigenvalue weighted by Gasteiger charge is -2.36. The lowest BCUT2D eigenvalue weighted by Crippen LogP contribution is -2.22. The van der Waals surface area contributed by atoms with E-state index < -0.39 is 0 Å². The summed E-state index contributed by atoms with van der Waals surface area (Å²) in [7, 11) is 0. The van der Waals surface area contributed by atoms with Gasteiger partial charge in [0.15, 0.2) is 0 Å². The second kappa shape index (κ2) is 12.9. The van der Waals surface area contributed by atoms with Gasteiger partial charge in [0, 0.05) is 5.56 Å². The number of hydrogen-bond acceptors (Lipinski definition) is 0. The first-order valence-corrected chi connectivity index (χ1v) is 15.5. The summed E-state index contributed by atoms with van der Waals surface area (Å²) < 4.78 is 43.9. The normalized spacial score (nSPS) is 28.2. The van der Waals surface area contributed by atoms with Crippen LogP contribution in [0.3, 0.4) is 0 Å². The van der Waals surface area contributed by atoms with Gasteiger partial charge in [0.25, 0.3) is 0 Å². The van der Waals surface area contributed by atoms with E-state index in [1.54, 1.807) is 24.3 Å². The fraction of sp³-hybridized carbons (Fsp3) is 0.600. The minimum Gasteiger partial charge on any atom is -0.207 e. The van der Waals surface area contributed by atoms with Crippen molar-refractivity contribution in [2.75, 3.05) is 0 Å². The molecule has 0 aromatic heterocycles. The Kier molecular flexibility index (Phi) is 9.33. The highest BCUT2D eigenvalue weighted by Gasteiger charge is 2.31. The number of allylic oxidation sites excluding steroid dienone is 2. The molecule has 0 radical (unpaired) electrons. The molecule has 0 aliphatic heterocycles. The Hall–Kier alpha value is -2.03. The van der Waals surface area contributed by atoms with Crippen molar-refractivity contribution < 1.29 is 13.2 Å². The van der Waals surface area contributed by atoms with Crippen LogP contribution in [0.5, 0.6) is 0 Å². The molecule has 2 aromatic carbocycles. The van der Waals surface area contributed by atoms with Gasteiger partial charge in [0.2, 0.25) is 0 Å². The lowest BCUT2D eigenvalue weighted by atomic mass is 9.70. The van der Waals surface area contributed by atoms with E-state index >= 15 is 8.78 Å². The van der Waals surface area contributed by atoms with E-state index in [2.05, 4.69) is 13.0 Å². The zero-order valence-corrected chi connectivity index (χ0v) is 23.2. The van der Waals surface area contributed by atoms with Crippen molar-refractivity contribution in [3.05, 3.63) is 76.6 Å². The van der Waals surface area contributed by atoms with Gasteiger partial charge in [-0.25, -0.2) is 13.2 Å². The summed E-state index contributed by atoms with van der Waals surface area (Å²) in [4.78, 5) is 0. The van der Waals surface area contributed by atoms with Gasteiger partial charge in [0.1, 0.15) is 17.5 Å².